The number of ether oxygens (including phenoxy) is 1. The fraction of sp³-hybridized carbons (Fsp3) is 0.125. The minimum Gasteiger partial charge on any atom is -0.465 e. The van der Waals surface area contributed by atoms with Crippen LogP contribution in [0.2, 0.25) is 0 Å². The van der Waals surface area contributed by atoms with Gasteiger partial charge in [-0.05, 0) is 30.3 Å². The van der Waals surface area contributed by atoms with Crippen molar-refractivity contribution in [1.29, 1.82) is 0 Å². The molecule has 2 aromatic rings. The molecule has 1 amide bonds. The first-order valence-electron chi connectivity index (χ1n) is 7.24. The largest absolute Gasteiger partial charge is 0.465 e. The van der Waals surface area contributed by atoms with E-state index >= 15 is 0 Å². The Balaban J connectivity index is 2.20. The van der Waals surface area contributed by atoms with Gasteiger partial charge < -0.3 is 4.74 Å². The number of esters is 1. The zero-order valence-corrected chi connectivity index (χ0v) is 13.7. The summed E-state index contributed by atoms with van der Waals surface area (Å²) in [7, 11) is 1.17. The summed E-state index contributed by atoms with van der Waals surface area (Å²) in [6, 6.07) is 7.24. The van der Waals surface area contributed by atoms with E-state index in [0.717, 1.165) is 6.07 Å². The number of rotatable bonds is 5. The molecule has 0 atom stereocenters. The lowest BCUT2D eigenvalue weighted by Crippen LogP contribution is -2.30. The second-order valence-corrected chi connectivity index (χ2v) is 5.14. The minimum atomic E-state index is -4.75. The summed E-state index contributed by atoms with van der Waals surface area (Å²) >= 11 is 0. The van der Waals surface area contributed by atoms with Gasteiger partial charge >= 0.3 is 12.1 Å². The molecule has 0 spiro atoms. The van der Waals surface area contributed by atoms with E-state index < -0.39 is 34.2 Å². The van der Waals surface area contributed by atoms with Crippen LogP contribution in [0.15, 0.2) is 42.5 Å². The van der Waals surface area contributed by atoms with Crippen LogP contribution < -0.4 is 10.9 Å². The summed E-state index contributed by atoms with van der Waals surface area (Å²) in [6.07, 6.45) is -4.75. The smallest absolute Gasteiger partial charge is 0.416 e. The molecule has 0 aromatic heterocycles. The quantitative estimate of drug-likeness (QED) is 0.466. The van der Waals surface area contributed by atoms with Crippen LogP contribution in [-0.4, -0.2) is 23.9 Å². The van der Waals surface area contributed by atoms with Crippen molar-refractivity contribution in [3.05, 3.63) is 69.3 Å². The highest BCUT2D eigenvalue weighted by Gasteiger charge is 2.33. The van der Waals surface area contributed by atoms with E-state index in [9.17, 15) is 32.9 Å². The number of hydrogen-bond donors (Lipinski definition) is 2. The molecule has 2 N–H and O–H groups in total. The normalized spacial score (nSPS) is 10.8. The highest BCUT2D eigenvalue weighted by atomic mass is 19.4. The number of nitro groups is 1. The van der Waals surface area contributed by atoms with E-state index in [4.69, 9.17) is 0 Å². The summed E-state index contributed by atoms with van der Waals surface area (Å²) in [5.41, 5.74) is 2.06. The molecule has 0 saturated carbocycles. The van der Waals surface area contributed by atoms with Crippen molar-refractivity contribution in [3.63, 3.8) is 0 Å². The molecule has 0 heterocycles. The van der Waals surface area contributed by atoms with E-state index in [2.05, 4.69) is 15.6 Å². The molecule has 2 rings (SSSR count). The lowest BCUT2D eigenvalue weighted by molar-refractivity contribution is -0.384. The van der Waals surface area contributed by atoms with Crippen molar-refractivity contribution >= 4 is 23.3 Å². The molecule has 0 fully saturated rings. The lowest BCUT2D eigenvalue weighted by atomic mass is 10.1. The van der Waals surface area contributed by atoms with Crippen LogP contribution in [0, 0.1) is 10.1 Å². The fourth-order valence-corrected chi connectivity index (χ4v) is 2.07. The standard InChI is InChI=1S/C16H12F3N3O5/c1-27-15(24)10-4-2-3-9(7-10)14(23)21-20-12-6-5-11(16(17,18)19)8-13(12)22(25)26/h2-8,20H,1H3,(H,21,23). The Morgan fingerprint density at radius 3 is 2.37 bits per heavy atom. The number of anilines is 1. The Hall–Kier alpha value is -3.63. The SMILES string of the molecule is COC(=O)c1cccc(C(=O)NNc2ccc(C(F)(F)F)cc2[N+](=O)[O-])c1. The third-order valence-corrected chi connectivity index (χ3v) is 3.38. The molecular formula is C16H12F3N3O5. The van der Waals surface area contributed by atoms with Crippen LogP contribution in [0.5, 0.6) is 0 Å². The van der Waals surface area contributed by atoms with Crippen molar-refractivity contribution in [2.75, 3.05) is 12.5 Å². The van der Waals surface area contributed by atoms with Crippen molar-refractivity contribution in [1.82, 2.24) is 5.43 Å². The molecular weight excluding hydrogens is 371 g/mol. The number of benzene rings is 2. The fourth-order valence-electron chi connectivity index (χ4n) is 2.07. The predicted octanol–water partition coefficient (Wildman–Crippen LogP) is 3.16. The van der Waals surface area contributed by atoms with Gasteiger partial charge in [0.1, 0.15) is 5.69 Å². The Morgan fingerprint density at radius 1 is 1.11 bits per heavy atom. The highest BCUT2D eigenvalue weighted by molar-refractivity contribution is 5.98. The van der Waals surface area contributed by atoms with Gasteiger partial charge in [0.2, 0.25) is 0 Å². The number of amides is 1. The number of carbonyl (C=O) groups excluding carboxylic acids is 2. The van der Waals surface area contributed by atoms with Gasteiger partial charge in [0.15, 0.2) is 0 Å². The van der Waals surface area contributed by atoms with E-state index in [0.29, 0.717) is 12.1 Å². The number of hydrazine groups is 1. The van der Waals surface area contributed by atoms with Gasteiger partial charge in [0, 0.05) is 11.6 Å². The Morgan fingerprint density at radius 2 is 1.78 bits per heavy atom. The molecule has 0 saturated heterocycles. The number of nitrogens with zero attached hydrogens (tertiary/aromatic N) is 1. The molecule has 0 bridgehead atoms. The summed E-state index contributed by atoms with van der Waals surface area (Å²) in [5.74, 6) is -1.44. The first kappa shape index (κ1) is 19.7. The van der Waals surface area contributed by atoms with Crippen LogP contribution in [0.1, 0.15) is 26.3 Å². The number of nitrogens with one attached hydrogen (secondary N) is 2. The summed E-state index contributed by atoms with van der Waals surface area (Å²) in [5, 5.41) is 11.0. The van der Waals surface area contributed by atoms with Crippen LogP contribution in [-0.2, 0) is 10.9 Å². The molecule has 0 aliphatic carbocycles. The first-order chi connectivity index (χ1) is 12.6. The molecule has 2 aromatic carbocycles. The van der Waals surface area contributed by atoms with Gasteiger partial charge in [-0.2, -0.15) is 13.2 Å². The van der Waals surface area contributed by atoms with Gasteiger partial charge in [0.25, 0.3) is 11.6 Å². The Labute approximate surface area is 150 Å². The maximum atomic E-state index is 12.7. The average molecular weight is 383 g/mol. The first-order valence-corrected chi connectivity index (χ1v) is 7.24. The zero-order valence-electron chi connectivity index (χ0n) is 13.7. The third-order valence-electron chi connectivity index (χ3n) is 3.38. The molecule has 0 aliphatic rings. The van der Waals surface area contributed by atoms with E-state index in [1.165, 1.54) is 31.4 Å². The number of nitro benzene ring substituents is 1. The van der Waals surface area contributed by atoms with Gasteiger partial charge in [-0.25, -0.2) is 4.79 Å². The van der Waals surface area contributed by atoms with E-state index in [1.54, 1.807) is 0 Å². The van der Waals surface area contributed by atoms with Crippen LogP contribution >= 0.6 is 0 Å². The second-order valence-electron chi connectivity index (χ2n) is 5.14. The molecule has 0 radical (unpaired) electrons. The Kier molecular flexibility index (Phi) is 5.63. The monoisotopic (exact) mass is 383 g/mol. The Bertz CT molecular complexity index is 899. The predicted molar refractivity (Wildman–Crippen MR) is 87.0 cm³/mol. The molecule has 27 heavy (non-hydrogen) atoms. The number of hydrogen-bond acceptors (Lipinski definition) is 6. The van der Waals surface area contributed by atoms with Gasteiger partial charge in [-0.1, -0.05) is 6.07 Å². The molecule has 8 nitrogen and oxygen atoms in total. The maximum absolute atomic E-state index is 12.7. The summed E-state index contributed by atoms with van der Waals surface area (Å²) < 4.78 is 42.6. The van der Waals surface area contributed by atoms with Gasteiger partial charge in [0.05, 0.1) is 23.2 Å². The van der Waals surface area contributed by atoms with Crippen molar-refractivity contribution in [2.45, 2.75) is 6.18 Å². The van der Waals surface area contributed by atoms with Crippen molar-refractivity contribution in [2.24, 2.45) is 0 Å². The number of carbonyl (C=O) groups is 2. The van der Waals surface area contributed by atoms with E-state index in [-0.39, 0.29) is 16.8 Å². The lowest BCUT2D eigenvalue weighted by Gasteiger charge is -2.11. The van der Waals surface area contributed by atoms with E-state index in [1.807, 2.05) is 0 Å². The van der Waals surface area contributed by atoms with Crippen molar-refractivity contribution < 1.29 is 32.4 Å². The highest BCUT2D eigenvalue weighted by Crippen LogP contribution is 2.34. The molecule has 0 unspecified atom stereocenters. The topological polar surface area (TPSA) is 111 Å². The second kappa shape index (κ2) is 7.72. The number of halogens is 3. The van der Waals surface area contributed by atoms with Crippen LogP contribution in [0.25, 0.3) is 0 Å². The summed E-state index contributed by atoms with van der Waals surface area (Å²) in [6.45, 7) is 0. The summed E-state index contributed by atoms with van der Waals surface area (Å²) in [4.78, 5) is 33.6. The molecule has 0 aliphatic heterocycles. The van der Waals surface area contributed by atoms with Crippen LogP contribution in [0.3, 0.4) is 0 Å². The van der Waals surface area contributed by atoms with Gasteiger partial charge in [-0.3, -0.25) is 25.8 Å². The van der Waals surface area contributed by atoms with Crippen LogP contribution in [0.4, 0.5) is 24.5 Å². The zero-order chi connectivity index (χ0) is 20.2. The molecule has 11 heteroatoms. The number of alkyl halides is 3. The maximum Gasteiger partial charge on any atom is 0.416 e. The number of methoxy groups -OCH3 is 1. The average Bonchev–Trinajstić information content (AvgIpc) is 2.64. The third kappa shape index (κ3) is 4.71. The minimum absolute atomic E-state index is 0.0277. The van der Waals surface area contributed by atoms with Gasteiger partial charge in [-0.15, -0.1) is 0 Å². The molecule has 142 valence electrons. The van der Waals surface area contributed by atoms with Crippen molar-refractivity contribution in [3.8, 4) is 0 Å².